The first-order chi connectivity index (χ1) is 11.6. The molecular formula is C21H20FNS. The molecule has 122 valence electrons. The zero-order valence-corrected chi connectivity index (χ0v) is 14.8. The Morgan fingerprint density at radius 2 is 1.88 bits per heavy atom. The molecule has 1 aromatic heterocycles. The molecule has 2 aromatic carbocycles. The first kappa shape index (κ1) is 16.7. The number of thiophene rings is 1. The van der Waals surface area contributed by atoms with Crippen LogP contribution in [-0.4, -0.2) is 25.5 Å². The van der Waals surface area contributed by atoms with E-state index in [1.165, 1.54) is 22.2 Å². The van der Waals surface area contributed by atoms with Crippen molar-refractivity contribution in [2.75, 3.05) is 20.6 Å². The van der Waals surface area contributed by atoms with Crippen molar-refractivity contribution in [1.29, 1.82) is 0 Å². The van der Waals surface area contributed by atoms with Crippen molar-refractivity contribution in [2.24, 2.45) is 0 Å². The molecule has 0 spiro atoms. The summed E-state index contributed by atoms with van der Waals surface area (Å²) in [7, 11) is 4.16. The van der Waals surface area contributed by atoms with Crippen LogP contribution < -0.4 is 0 Å². The molecule has 0 radical (unpaired) electrons. The van der Waals surface area contributed by atoms with E-state index < -0.39 is 0 Å². The predicted molar refractivity (Wildman–Crippen MR) is 102 cm³/mol. The second-order valence-corrected chi connectivity index (χ2v) is 6.99. The Kier molecular flexibility index (Phi) is 5.30. The molecule has 1 nitrogen and oxygen atoms in total. The maximum absolute atomic E-state index is 13.1. The van der Waals surface area contributed by atoms with E-state index in [4.69, 9.17) is 0 Å². The third-order valence-electron chi connectivity index (χ3n) is 3.87. The summed E-state index contributed by atoms with van der Waals surface area (Å²) in [5, 5.41) is 3.33. The van der Waals surface area contributed by atoms with Crippen LogP contribution in [0.3, 0.4) is 0 Å². The molecule has 0 aliphatic rings. The molecule has 0 N–H and O–H groups in total. The molecule has 0 amide bonds. The van der Waals surface area contributed by atoms with Crippen LogP contribution in [0.15, 0.2) is 47.8 Å². The lowest BCUT2D eigenvalue weighted by molar-refractivity contribution is 0.403. The molecular weight excluding hydrogens is 317 g/mol. The van der Waals surface area contributed by atoms with E-state index in [0.717, 1.165) is 36.1 Å². The summed E-state index contributed by atoms with van der Waals surface area (Å²) in [6.45, 7) is 1.07. The fourth-order valence-corrected chi connectivity index (χ4v) is 3.62. The van der Waals surface area contributed by atoms with Gasteiger partial charge in [-0.05, 0) is 62.3 Å². The van der Waals surface area contributed by atoms with E-state index in [1.54, 1.807) is 11.3 Å². The zero-order chi connectivity index (χ0) is 16.9. The number of benzene rings is 2. The van der Waals surface area contributed by atoms with Gasteiger partial charge in [0.05, 0.1) is 0 Å². The lowest BCUT2D eigenvalue weighted by atomic mass is 10.0. The Bertz CT molecular complexity index is 882. The van der Waals surface area contributed by atoms with Gasteiger partial charge in [0.25, 0.3) is 0 Å². The number of rotatable bonds is 4. The number of unbranched alkanes of at least 4 members (excludes halogenated alkanes) is 1. The third kappa shape index (κ3) is 4.03. The lowest BCUT2D eigenvalue weighted by Crippen LogP contribution is -2.12. The van der Waals surface area contributed by atoms with Crippen LogP contribution in [0.5, 0.6) is 0 Å². The summed E-state index contributed by atoms with van der Waals surface area (Å²) >= 11 is 1.71. The second-order valence-electron chi connectivity index (χ2n) is 6.08. The minimum Gasteiger partial charge on any atom is -0.309 e. The highest BCUT2D eigenvalue weighted by molar-refractivity contribution is 7.17. The fourth-order valence-electron chi connectivity index (χ4n) is 2.61. The van der Waals surface area contributed by atoms with E-state index in [0.29, 0.717) is 0 Å². The van der Waals surface area contributed by atoms with Gasteiger partial charge in [0, 0.05) is 27.6 Å². The van der Waals surface area contributed by atoms with Gasteiger partial charge in [-0.15, -0.1) is 11.3 Å². The molecule has 3 aromatic rings. The van der Waals surface area contributed by atoms with Crippen molar-refractivity contribution in [3.8, 4) is 23.0 Å². The maximum atomic E-state index is 13.1. The normalized spacial score (nSPS) is 10.8. The first-order valence-electron chi connectivity index (χ1n) is 8.04. The molecule has 0 aliphatic heterocycles. The average molecular weight is 337 g/mol. The van der Waals surface area contributed by atoms with Crippen LogP contribution in [0.4, 0.5) is 4.39 Å². The van der Waals surface area contributed by atoms with E-state index >= 15 is 0 Å². The van der Waals surface area contributed by atoms with Gasteiger partial charge in [-0.2, -0.15) is 0 Å². The Labute approximate surface area is 146 Å². The lowest BCUT2D eigenvalue weighted by Gasteiger charge is -2.05. The second kappa shape index (κ2) is 7.61. The molecule has 0 fully saturated rings. The van der Waals surface area contributed by atoms with Crippen LogP contribution >= 0.6 is 11.3 Å². The summed E-state index contributed by atoms with van der Waals surface area (Å²) in [5.74, 6) is 6.30. The van der Waals surface area contributed by atoms with Crippen LogP contribution in [-0.2, 0) is 0 Å². The third-order valence-corrected chi connectivity index (χ3v) is 4.82. The minimum absolute atomic E-state index is 0.204. The molecule has 0 saturated carbocycles. The van der Waals surface area contributed by atoms with E-state index in [9.17, 15) is 4.39 Å². The van der Waals surface area contributed by atoms with Gasteiger partial charge in [0.1, 0.15) is 5.82 Å². The Hall–Kier alpha value is -2.15. The standard InChI is InChI=1S/C21H20FNS/c1-23(2)13-5-3-4-6-16-7-12-19-20(15-24-21(19)14-16)17-8-10-18(22)11-9-17/h7-12,14-15H,3,5,13H2,1-2H3. The summed E-state index contributed by atoms with van der Waals surface area (Å²) in [6, 6.07) is 13.0. The Morgan fingerprint density at radius 1 is 1.08 bits per heavy atom. The predicted octanol–water partition coefficient (Wildman–Crippen LogP) is 5.40. The molecule has 1 heterocycles. The van der Waals surface area contributed by atoms with Crippen molar-refractivity contribution in [2.45, 2.75) is 12.8 Å². The van der Waals surface area contributed by atoms with Gasteiger partial charge < -0.3 is 4.90 Å². The number of halogens is 1. The number of fused-ring (bicyclic) bond motifs is 1. The molecule has 0 unspecified atom stereocenters. The molecule has 0 aliphatic carbocycles. The van der Waals surface area contributed by atoms with Crippen molar-refractivity contribution < 1.29 is 4.39 Å². The van der Waals surface area contributed by atoms with Gasteiger partial charge in [-0.3, -0.25) is 0 Å². The molecule has 24 heavy (non-hydrogen) atoms. The Morgan fingerprint density at radius 3 is 2.62 bits per heavy atom. The van der Waals surface area contributed by atoms with Gasteiger partial charge in [0.15, 0.2) is 0 Å². The minimum atomic E-state index is -0.204. The van der Waals surface area contributed by atoms with Crippen LogP contribution in [0, 0.1) is 17.7 Å². The molecule has 0 bridgehead atoms. The fraction of sp³-hybridized carbons (Fsp3) is 0.238. The number of hydrogen-bond acceptors (Lipinski definition) is 2. The largest absolute Gasteiger partial charge is 0.309 e. The van der Waals surface area contributed by atoms with E-state index in [1.807, 2.05) is 12.1 Å². The van der Waals surface area contributed by atoms with Gasteiger partial charge in [0.2, 0.25) is 0 Å². The molecule has 3 rings (SSSR count). The van der Waals surface area contributed by atoms with Crippen LogP contribution in [0.1, 0.15) is 18.4 Å². The maximum Gasteiger partial charge on any atom is 0.123 e. The number of hydrogen-bond donors (Lipinski definition) is 0. The smallest absolute Gasteiger partial charge is 0.123 e. The topological polar surface area (TPSA) is 3.24 Å². The van der Waals surface area contributed by atoms with Crippen molar-refractivity contribution in [3.05, 3.63) is 59.2 Å². The quantitative estimate of drug-likeness (QED) is 0.455. The number of nitrogens with zero attached hydrogens (tertiary/aromatic N) is 1. The average Bonchev–Trinajstić information content (AvgIpc) is 2.98. The molecule has 0 atom stereocenters. The summed E-state index contributed by atoms with van der Waals surface area (Å²) in [4.78, 5) is 2.18. The Balaban J connectivity index is 1.78. The van der Waals surface area contributed by atoms with Crippen molar-refractivity contribution in [3.63, 3.8) is 0 Å². The van der Waals surface area contributed by atoms with Gasteiger partial charge >= 0.3 is 0 Å². The summed E-state index contributed by atoms with van der Waals surface area (Å²) < 4.78 is 14.3. The van der Waals surface area contributed by atoms with E-state index in [-0.39, 0.29) is 5.82 Å². The van der Waals surface area contributed by atoms with Crippen LogP contribution in [0.25, 0.3) is 21.2 Å². The first-order valence-corrected chi connectivity index (χ1v) is 8.92. The van der Waals surface area contributed by atoms with Gasteiger partial charge in [-0.1, -0.05) is 30.0 Å². The molecule has 0 saturated heterocycles. The SMILES string of the molecule is CN(C)CCCC#Cc1ccc2c(-c3ccc(F)cc3)csc2c1. The van der Waals surface area contributed by atoms with Gasteiger partial charge in [-0.25, -0.2) is 4.39 Å². The highest BCUT2D eigenvalue weighted by atomic mass is 32.1. The highest BCUT2D eigenvalue weighted by Gasteiger charge is 2.07. The zero-order valence-electron chi connectivity index (χ0n) is 14.0. The summed E-state index contributed by atoms with van der Waals surface area (Å²) in [6.07, 6.45) is 2.01. The van der Waals surface area contributed by atoms with Crippen molar-refractivity contribution in [1.82, 2.24) is 4.90 Å². The molecule has 3 heteroatoms. The highest BCUT2D eigenvalue weighted by Crippen LogP contribution is 2.34. The van der Waals surface area contributed by atoms with E-state index in [2.05, 4.69) is 54.4 Å². The summed E-state index contributed by atoms with van der Waals surface area (Å²) in [5.41, 5.74) is 3.26. The monoisotopic (exact) mass is 337 g/mol. The van der Waals surface area contributed by atoms with Crippen molar-refractivity contribution >= 4 is 21.4 Å². The van der Waals surface area contributed by atoms with Crippen LogP contribution in [0.2, 0.25) is 0 Å².